The fourth-order valence-corrected chi connectivity index (χ4v) is 5.44. The van der Waals surface area contributed by atoms with E-state index in [0.29, 0.717) is 5.92 Å². The molecule has 160 valence electrons. The van der Waals surface area contributed by atoms with Crippen LogP contribution in [0, 0.1) is 5.92 Å². The van der Waals surface area contributed by atoms with Crippen LogP contribution in [0.5, 0.6) is 0 Å². The summed E-state index contributed by atoms with van der Waals surface area (Å²) in [5.41, 5.74) is 8.87. The van der Waals surface area contributed by atoms with Crippen molar-refractivity contribution in [2.75, 3.05) is 0 Å². The molecule has 0 atom stereocenters. The average Bonchev–Trinajstić information content (AvgIpc) is 3.18. The van der Waals surface area contributed by atoms with Crippen LogP contribution in [0.15, 0.2) is 109 Å². The molecule has 0 N–H and O–H groups in total. The molecule has 0 aromatic heterocycles. The molecule has 0 heterocycles. The molecule has 0 heteroatoms. The van der Waals surface area contributed by atoms with Gasteiger partial charge in [-0.3, -0.25) is 0 Å². The number of aryl methyl sites for hydroxylation is 2. The van der Waals surface area contributed by atoms with Crippen LogP contribution in [0.1, 0.15) is 53.9 Å². The molecule has 0 fully saturated rings. The van der Waals surface area contributed by atoms with Crippen molar-refractivity contribution in [3.63, 3.8) is 0 Å². The molecule has 0 aliphatic heterocycles. The smallest absolute Gasteiger partial charge is 0.0102 e. The van der Waals surface area contributed by atoms with E-state index < -0.39 is 0 Å². The van der Waals surface area contributed by atoms with Crippen LogP contribution in [0.2, 0.25) is 0 Å². The SMILES string of the molecule is c1ccc(CCC(CCc2ccccc2)CCC2c3ccccc3-c3ccccc32)cc1. The summed E-state index contributed by atoms with van der Waals surface area (Å²) in [6.07, 6.45) is 7.42. The number of hydrogen-bond donors (Lipinski definition) is 0. The topological polar surface area (TPSA) is 0 Å². The highest BCUT2D eigenvalue weighted by Crippen LogP contribution is 2.47. The van der Waals surface area contributed by atoms with Crippen LogP contribution in [0.4, 0.5) is 0 Å². The summed E-state index contributed by atoms with van der Waals surface area (Å²) in [4.78, 5) is 0. The lowest BCUT2D eigenvalue weighted by molar-refractivity contribution is 0.400. The molecule has 1 aliphatic rings. The minimum absolute atomic E-state index is 0.540. The standard InChI is InChI=1S/C32H32/c1-3-11-25(12-4-1)19-21-27(22-20-26-13-5-2-6-14-26)23-24-32-30-17-9-7-15-28(30)29-16-8-10-18-31(29)32/h1-18,27,32H,19-24H2. The van der Waals surface area contributed by atoms with Crippen LogP contribution in [-0.4, -0.2) is 0 Å². The van der Waals surface area contributed by atoms with Gasteiger partial charge in [0.05, 0.1) is 0 Å². The monoisotopic (exact) mass is 416 g/mol. The molecule has 1 aliphatic carbocycles. The molecule has 4 aromatic rings. The maximum absolute atomic E-state index is 2.35. The molecule has 5 rings (SSSR count). The van der Waals surface area contributed by atoms with E-state index in [4.69, 9.17) is 0 Å². The Bertz CT molecular complexity index is 1040. The number of benzene rings is 4. The van der Waals surface area contributed by atoms with Gasteiger partial charge in [-0.05, 0) is 77.8 Å². The number of hydrogen-bond acceptors (Lipinski definition) is 0. The zero-order valence-corrected chi connectivity index (χ0v) is 18.8. The minimum Gasteiger partial charge on any atom is -0.0622 e. The van der Waals surface area contributed by atoms with E-state index in [9.17, 15) is 0 Å². The summed E-state index contributed by atoms with van der Waals surface area (Å²) in [5.74, 6) is 1.29. The quantitative estimate of drug-likeness (QED) is 0.257. The largest absolute Gasteiger partial charge is 0.0622 e. The van der Waals surface area contributed by atoms with Crippen molar-refractivity contribution >= 4 is 0 Å². The first-order valence-corrected chi connectivity index (χ1v) is 12.1. The molecule has 0 nitrogen and oxygen atoms in total. The van der Waals surface area contributed by atoms with Crippen molar-refractivity contribution in [2.24, 2.45) is 5.92 Å². The van der Waals surface area contributed by atoms with Gasteiger partial charge < -0.3 is 0 Å². The molecule has 0 spiro atoms. The summed E-state index contributed by atoms with van der Waals surface area (Å²) in [6, 6.07) is 40.1. The first-order chi connectivity index (χ1) is 15.9. The van der Waals surface area contributed by atoms with Crippen LogP contribution < -0.4 is 0 Å². The summed E-state index contributed by atoms with van der Waals surface area (Å²) in [5, 5.41) is 0. The van der Waals surface area contributed by atoms with E-state index in [1.807, 2.05) is 0 Å². The maximum atomic E-state index is 2.35. The Labute approximate surface area is 193 Å². The third-order valence-electron chi connectivity index (χ3n) is 7.19. The van der Waals surface area contributed by atoms with E-state index in [1.54, 1.807) is 0 Å². The van der Waals surface area contributed by atoms with Crippen molar-refractivity contribution in [2.45, 2.75) is 44.4 Å². The molecular formula is C32H32. The van der Waals surface area contributed by atoms with Gasteiger partial charge in [0, 0.05) is 5.92 Å². The first-order valence-electron chi connectivity index (χ1n) is 12.1. The van der Waals surface area contributed by atoms with Gasteiger partial charge in [0.2, 0.25) is 0 Å². The lowest BCUT2D eigenvalue weighted by atomic mass is 9.84. The van der Waals surface area contributed by atoms with Gasteiger partial charge >= 0.3 is 0 Å². The fourth-order valence-electron chi connectivity index (χ4n) is 5.44. The Balaban J connectivity index is 1.30. The average molecular weight is 417 g/mol. The first kappa shape index (κ1) is 20.8. The number of fused-ring (bicyclic) bond motifs is 3. The third kappa shape index (κ3) is 4.70. The third-order valence-corrected chi connectivity index (χ3v) is 7.19. The highest BCUT2D eigenvalue weighted by atomic mass is 14.3. The van der Waals surface area contributed by atoms with E-state index >= 15 is 0 Å². The van der Waals surface area contributed by atoms with Gasteiger partial charge in [-0.25, -0.2) is 0 Å². The van der Waals surface area contributed by atoms with Gasteiger partial charge in [0.25, 0.3) is 0 Å². The van der Waals surface area contributed by atoms with Crippen LogP contribution in [-0.2, 0) is 12.8 Å². The molecular weight excluding hydrogens is 384 g/mol. The Kier molecular flexibility index (Phi) is 6.49. The van der Waals surface area contributed by atoms with Crippen LogP contribution in [0.3, 0.4) is 0 Å². The number of rotatable bonds is 9. The van der Waals surface area contributed by atoms with Crippen molar-refractivity contribution in [3.8, 4) is 11.1 Å². The molecule has 0 unspecified atom stereocenters. The molecule has 0 amide bonds. The minimum atomic E-state index is 0.540. The van der Waals surface area contributed by atoms with Gasteiger partial charge in [0.1, 0.15) is 0 Å². The predicted molar refractivity (Wildman–Crippen MR) is 136 cm³/mol. The molecule has 0 bridgehead atoms. The molecule has 32 heavy (non-hydrogen) atoms. The highest BCUT2D eigenvalue weighted by Gasteiger charge is 2.28. The Morgan fingerprint density at radius 1 is 0.469 bits per heavy atom. The van der Waals surface area contributed by atoms with Crippen LogP contribution in [0.25, 0.3) is 11.1 Å². The molecule has 0 saturated carbocycles. The lowest BCUT2D eigenvalue weighted by Gasteiger charge is -2.21. The van der Waals surface area contributed by atoms with Gasteiger partial charge in [-0.2, -0.15) is 0 Å². The van der Waals surface area contributed by atoms with Crippen molar-refractivity contribution in [1.82, 2.24) is 0 Å². The van der Waals surface area contributed by atoms with Crippen molar-refractivity contribution in [3.05, 3.63) is 131 Å². The van der Waals surface area contributed by atoms with Gasteiger partial charge in [0.15, 0.2) is 0 Å². The zero-order chi connectivity index (χ0) is 21.6. The maximum Gasteiger partial charge on any atom is 0.0102 e. The zero-order valence-electron chi connectivity index (χ0n) is 18.8. The summed E-state index contributed by atoms with van der Waals surface area (Å²) < 4.78 is 0. The fraction of sp³-hybridized carbons (Fsp3) is 0.250. The van der Waals surface area contributed by atoms with E-state index in [-0.39, 0.29) is 0 Å². The highest BCUT2D eigenvalue weighted by molar-refractivity contribution is 5.78. The summed E-state index contributed by atoms with van der Waals surface area (Å²) in [6.45, 7) is 0. The predicted octanol–water partition coefficient (Wildman–Crippen LogP) is 8.46. The lowest BCUT2D eigenvalue weighted by Crippen LogP contribution is -2.08. The van der Waals surface area contributed by atoms with E-state index in [1.165, 1.54) is 71.9 Å². The Hall–Kier alpha value is -3.12. The summed E-state index contributed by atoms with van der Waals surface area (Å²) in [7, 11) is 0. The normalized spacial score (nSPS) is 12.7. The Morgan fingerprint density at radius 2 is 0.906 bits per heavy atom. The second-order valence-corrected chi connectivity index (χ2v) is 9.22. The van der Waals surface area contributed by atoms with Crippen molar-refractivity contribution in [1.29, 1.82) is 0 Å². The second-order valence-electron chi connectivity index (χ2n) is 9.22. The van der Waals surface area contributed by atoms with Crippen LogP contribution >= 0.6 is 0 Å². The summed E-state index contributed by atoms with van der Waals surface area (Å²) >= 11 is 0. The van der Waals surface area contributed by atoms with E-state index in [0.717, 1.165) is 5.92 Å². The van der Waals surface area contributed by atoms with Crippen molar-refractivity contribution < 1.29 is 0 Å². The molecule has 0 saturated heterocycles. The Morgan fingerprint density at radius 3 is 1.41 bits per heavy atom. The van der Waals surface area contributed by atoms with Gasteiger partial charge in [-0.15, -0.1) is 0 Å². The van der Waals surface area contributed by atoms with Gasteiger partial charge in [-0.1, -0.05) is 109 Å². The van der Waals surface area contributed by atoms with E-state index in [2.05, 4.69) is 109 Å². The molecule has 0 radical (unpaired) electrons. The second kappa shape index (κ2) is 10.0. The molecule has 4 aromatic carbocycles.